The van der Waals surface area contributed by atoms with Crippen molar-refractivity contribution in [1.82, 2.24) is 19.7 Å². The Kier molecular flexibility index (Phi) is 4.40. The maximum Gasteiger partial charge on any atom is 0.247 e. The van der Waals surface area contributed by atoms with Gasteiger partial charge in [-0.3, -0.25) is 9.48 Å². The lowest BCUT2D eigenvalue weighted by Gasteiger charge is -2.36. The molecule has 3 heterocycles. The zero-order valence-corrected chi connectivity index (χ0v) is 15.0. The van der Waals surface area contributed by atoms with E-state index in [0.717, 1.165) is 43.2 Å². The molecule has 4 rings (SSSR count). The Morgan fingerprint density at radius 3 is 2.68 bits per heavy atom. The van der Waals surface area contributed by atoms with Gasteiger partial charge in [0.1, 0.15) is 6.04 Å². The lowest BCUT2D eigenvalue weighted by molar-refractivity contribution is -0.135. The van der Waals surface area contributed by atoms with Crippen LogP contribution in [0.5, 0.6) is 0 Å². The topological polar surface area (TPSA) is 54.3 Å². The van der Waals surface area contributed by atoms with Crippen molar-refractivity contribution in [3.63, 3.8) is 0 Å². The molecule has 0 unspecified atom stereocenters. The first-order valence-corrected chi connectivity index (χ1v) is 9.46. The van der Waals surface area contributed by atoms with Gasteiger partial charge in [0.2, 0.25) is 5.91 Å². The van der Waals surface area contributed by atoms with E-state index in [1.54, 1.807) is 22.2 Å². The molecule has 1 fully saturated rings. The van der Waals surface area contributed by atoms with E-state index in [4.69, 9.17) is 4.98 Å². The largest absolute Gasteiger partial charge is 0.345 e. The Morgan fingerprint density at radius 1 is 1.20 bits per heavy atom. The molecule has 1 saturated heterocycles. The quantitative estimate of drug-likeness (QED) is 0.722. The van der Waals surface area contributed by atoms with E-state index < -0.39 is 0 Å². The van der Waals surface area contributed by atoms with Crippen LogP contribution in [0.4, 0.5) is 5.13 Å². The van der Waals surface area contributed by atoms with E-state index in [2.05, 4.69) is 16.1 Å². The summed E-state index contributed by atoms with van der Waals surface area (Å²) in [7, 11) is 0. The zero-order valence-electron chi connectivity index (χ0n) is 14.2. The molecule has 1 aromatic carbocycles. The first kappa shape index (κ1) is 16.1. The van der Waals surface area contributed by atoms with Crippen molar-refractivity contribution < 1.29 is 4.79 Å². The average molecular weight is 355 g/mol. The molecule has 1 amide bonds. The minimum absolute atomic E-state index is 0.162. The molecule has 1 atom stereocenters. The third-order valence-corrected chi connectivity index (χ3v) is 5.76. The average Bonchev–Trinajstić information content (AvgIpc) is 3.32. The Balaban J connectivity index is 1.43. The zero-order chi connectivity index (χ0) is 17.2. The number of piperazine rings is 1. The van der Waals surface area contributed by atoms with Gasteiger partial charge in [0.05, 0.1) is 10.2 Å². The summed E-state index contributed by atoms with van der Waals surface area (Å²) in [6.45, 7) is 5.13. The molecule has 0 saturated carbocycles. The Labute approximate surface area is 150 Å². The van der Waals surface area contributed by atoms with Crippen LogP contribution < -0.4 is 4.90 Å². The summed E-state index contributed by atoms with van der Waals surface area (Å²) < 4.78 is 2.98. The van der Waals surface area contributed by atoms with Crippen LogP contribution in [0.25, 0.3) is 10.2 Å². The highest BCUT2D eigenvalue weighted by Crippen LogP contribution is 2.29. The van der Waals surface area contributed by atoms with E-state index in [9.17, 15) is 4.79 Å². The number of hydrogen-bond acceptors (Lipinski definition) is 5. The van der Waals surface area contributed by atoms with E-state index in [-0.39, 0.29) is 11.9 Å². The van der Waals surface area contributed by atoms with Gasteiger partial charge in [-0.05, 0) is 24.6 Å². The molecular formula is C18H21N5OS. The molecule has 1 aliphatic rings. The minimum Gasteiger partial charge on any atom is -0.345 e. The number of benzene rings is 1. The summed E-state index contributed by atoms with van der Waals surface area (Å²) in [4.78, 5) is 21.8. The number of anilines is 1. The van der Waals surface area contributed by atoms with E-state index in [1.807, 2.05) is 42.3 Å². The number of fused-ring (bicyclic) bond motifs is 1. The molecule has 6 nitrogen and oxygen atoms in total. The molecule has 3 aromatic rings. The van der Waals surface area contributed by atoms with Crippen molar-refractivity contribution in [3.8, 4) is 0 Å². The van der Waals surface area contributed by atoms with Crippen molar-refractivity contribution >= 4 is 32.6 Å². The molecule has 7 heteroatoms. The van der Waals surface area contributed by atoms with Gasteiger partial charge in [-0.2, -0.15) is 5.10 Å². The number of para-hydroxylation sites is 1. The monoisotopic (exact) mass is 355 g/mol. The van der Waals surface area contributed by atoms with E-state index in [0.29, 0.717) is 0 Å². The number of hydrogen-bond donors (Lipinski definition) is 0. The van der Waals surface area contributed by atoms with Crippen LogP contribution in [-0.4, -0.2) is 51.8 Å². The smallest absolute Gasteiger partial charge is 0.247 e. The van der Waals surface area contributed by atoms with Crippen LogP contribution in [0.1, 0.15) is 19.4 Å². The highest BCUT2D eigenvalue weighted by molar-refractivity contribution is 7.22. The van der Waals surface area contributed by atoms with Crippen LogP contribution in [-0.2, 0) is 4.79 Å². The Hall–Kier alpha value is -2.41. The summed E-state index contributed by atoms with van der Waals surface area (Å²) in [5.74, 6) is 0.162. The van der Waals surface area contributed by atoms with Crippen molar-refractivity contribution in [2.45, 2.75) is 19.4 Å². The second-order valence-corrected chi connectivity index (χ2v) is 7.20. The van der Waals surface area contributed by atoms with Gasteiger partial charge in [-0.1, -0.05) is 30.4 Å². The van der Waals surface area contributed by atoms with Crippen LogP contribution >= 0.6 is 11.3 Å². The van der Waals surface area contributed by atoms with Gasteiger partial charge >= 0.3 is 0 Å². The lowest BCUT2D eigenvalue weighted by atomic mass is 10.2. The van der Waals surface area contributed by atoms with Crippen molar-refractivity contribution in [2.75, 3.05) is 31.1 Å². The fraction of sp³-hybridized carbons (Fsp3) is 0.389. The molecular weight excluding hydrogens is 334 g/mol. The van der Waals surface area contributed by atoms with Crippen molar-refractivity contribution in [2.24, 2.45) is 0 Å². The third kappa shape index (κ3) is 3.11. The van der Waals surface area contributed by atoms with Crippen LogP contribution in [0, 0.1) is 0 Å². The molecule has 25 heavy (non-hydrogen) atoms. The van der Waals surface area contributed by atoms with Crippen LogP contribution in [0.2, 0.25) is 0 Å². The highest BCUT2D eigenvalue weighted by atomic mass is 32.1. The van der Waals surface area contributed by atoms with Gasteiger partial charge < -0.3 is 9.80 Å². The second kappa shape index (κ2) is 6.84. The number of thiazole rings is 1. The van der Waals surface area contributed by atoms with Crippen LogP contribution in [0.3, 0.4) is 0 Å². The van der Waals surface area contributed by atoms with Crippen molar-refractivity contribution in [1.29, 1.82) is 0 Å². The molecule has 0 N–H and O–H groups in total. The first-order valence-electron chi connectivity index (χ1n) is 8.64. The SMILES string of the molecule is CC[C@H](C(=O)N1CCN(c2nc3ccccc3s2)CC1)n1cccn1. The molecule has 0 bridgehead atoms. The number of nitrogens with zero attached hydrogens (tertiary/aromatic N) is 5. The maximum absolute atomic E-state index is 12.8. The fourth-order valence-corrected chi connectivity index (χ4v) is 4.28. The van der Waals surface area contributed by atoms with E-state index >= 15 is 0 Å². The lowest BCUT2D eigenvalue weighted by Crippen LogP contribution is -2.50. The van der Waals surface area contributed by atoms with Gasteiger partial charge in [-0.25, -0.2) is 4.98 Å². The third-order valence-electron chi connectivity index (χ3n) is 4.66. The van der Waals surface area contributed by atoms with Gasteiger partial charge in [-0.15, -0.1) is 0 Å². The Bertz CT molecular complexity index is 818. The highest BCUT2D eigenvalue weighted by Gasteiger charge is 2.28. The summed E-state index contributed by atoms with van der Waals surface area (Å²) in [5.41, 5.74) is 1.05. The minimum atomic E-state index is -0.205. The molecule has 0 spiro atoms. The molecule has 1 aliphatic heterocycles. The van der Waals surface area contributed by atoms with E-state index in [1.165, 1.54) is 4.70 Å². The standard InChI is InChI=1S/C18H21N5OS/c1-2-15(23-9-5-8-19-23)17(24)21-10-12-22(13-11-21)18-20-14-6-3-4-7-16(14)25-18/h3-9,15H,2,10-13H2,1H3/t15-/m1/s1. The number of carbonyl (C=O) groups excluding carboxylic acids is 1. The van der Waals surface area contributed by atoms with Crippen molar-refractivity contribution in [3.05, 3.63) is 42.7 Å². The molecule has 0 aliphatic carbocycles. The predicted octanol–water partition coefficient (Wildman–Crippen LogP) is 2.79. The number of aromatic nitrogens is 3. The summed E-state index contributed by atoms with van der Waals surface area (Å²) in [6, 6.07) is 9.87. The fourth-order valence-electron chi connectivity index (χ4n) is 3.26. The van der Waals surface area contributed by atoms with Gasteiger partial charge in [0.25, 0.3) is 0 Å². The normalized spacial score (nSPS) is 16.4. The second-order valence-electron chi connectivity index (χ2n) is 6.19. The maximum atomic E-state index is 12.8. The number of amides is 1. The van der Waals surface area contributed by atoms with Gasteiger partial charge in [0.15, 0.2) is 5.13 Å². The first-order chi connectivity index (χ1) is 12.3. The Morgan fingerprint density at radius 2 is 2.00 bits per heavy atom. The summed E-state index contributed by atoms with van der Waals surface area (Å²) in [5, 5.41) is 5.29. The molecule has 0 radical (unpaired) electrons. The predicted molar refractivity (Wildman–Crippen MR) is 100.0 cm³/mol. The molecule has 2 aromatic heterocycles. The van der Waals surface area contributed by atoms with Gasteiger partial charge in [0, 0.05) is 38.6 Å². The number of rotatable bonds is 4. The van der Waals surface area contributed by atoms with Crippen LogP contribution in [0.15, 0.2) is 42.7 Å². The summed E-state index contributed by atoms with van der Waals surface area (Å²) in [6.07, 6.45) is 4.34. The number of carbonyl (C=O) groups is 1. The summed E-state index contributed by atoms with van der Waals surface area (Å²) >= 11 is 1.72. The molecule has 130 valence electrons.